The lowest BCUT2D eigenvalue weighted by Gasteiger charge is -2.35. The normalized spacial score (nSPS) is 22.5. The van der Waals surface area contributed by atoms with E-state index in [-0.39, 0.29) is 18.0 Å². The van der Waals surface area contributed by atoms with E-state index in [0.717, 1.165) is 25.2 Å². The Morgan fingerprint density at radius 1 is 1.11 bits per heavy atom. The van der Waals surface area contributed by atoms with Crippen molar-refractivity contribution in [3.05, 3.63) is 60.6 Å². The number of nitrogens with one attached hydrogen (secondary N) is 1. The first kappa shape index (κ1) is 23.1. The predicted molar refractivity (Wildman–Crippen MR) is 118 cm³/mol. The van der Waals surface area contributed by atoms with E-state index >= 15 is 0 Å². The van der Waals surface area contributed by atoms with Gasteiger partial charge in [-0.25, -0.2) is 23.8 Å². The van der Waals surface area contributed by atoms with Gasteiger partial charge < -0.3 is 10.1 Å². The second-order valence-electron chi connectivity index (χ2n) is 8.82. The number of benzene rings is 1. The van der Waals surface area contributed by atoms with Gasteiger partial charge in [0.05, 0.1) is 24.6 Å². The summed E-state index contributed by atoms with van der Waals surface area (Å²) in [5, 5.41) is 7.66. The van der Waals surface area contributed by atoms with Crippen molar-refractivity contribution in [1.29, 1.82) is 0 Å². The Bertz CT molecular complexity index is 1210. The van der Waals surface area contributed by atoms with E-state index in [1.807, 2.05) is 0 Å². The molecule has 1 saturated heterocycles. The molecule has 0 radical (unpaired) electrons. The average Bonchev–Trinajstić information content (AvgIpc) is 3.43. The van der Waals surface area contributed by atoms with Gasteiger partial charge in [-0.1, -0.05) is 12.1 Å². The Kier molecular flexibility index (Phi) is 5.81. The molecule has 1 spiro atoms. The first-order valence-electron chi connectivity index (χ1n) is 11.2. The summed E-state index contributed by atoms with van der Waals surface area (Å²) < 4.78 is 59.2. The van der Waals surface area contributed by atoms with Crippen LogP contribution in [0, 0.1) is 11.7 Å². The molecule has 3 aromatic rings. The number of para-hydroxylation sites is 1. The van der Waals surface area contributed by atoms with Crippen molar-refractivity contribution in [2.24, 2.45) is 5.92 Å². The van der Waals surface area contributed by atoms with Gasteiger partial charge in [-0.3, -0.25) is 4.90 Å². The predicted octanol–water partition coefficient (Wildman–Crippen LogP) is 4.82. The van der Waals surface area contributed by atoms with Gasteiger partial charge in [0.25, 0.3) is 0 Å². The summed E-state index contributed by atoms with van der Waals surface area (Å²) in [6, 6.07) is 8.17. The van der Waals surface area contributed by atoms with Crippen LogP contribution in [0.1, 0.15) is 31.5 Å². The van der Waals surface area contributed by atoms with Gasteiger partial charge in [-0.2, -0.15) is 18.3 Å². The summed E-state index contributed by atoms with van der Waals surface area (Å²) in [6.45, 7) is 0.905. The molecule has 1 aromatic carbocycles. The molecule has 3 heterocycles. The Labute approximate surface area is 197 Å². The number of carbonyl (C=O) groups is 1. The van der Waals surface area contributed by atoms with Crippen molar-refractivity contribution in [3.8, 4) is 5.69 Å². The first-order valence-corrected chi connectivity index (χ1v) is 11.2. The maximum absolute atomic E-state index is 14.0. The number of rotatable bonds is 5. The van der Waals surface area contributed by atoms with Crippen molar-refractivity contribution < 1.29 is 27.1 Å². The quantitative estimate of drug-likeness (QED) is 0.517. The van der Waals surface area contributed by atoms with E-state index in [4.69, 9.17) is 4.74 Å². The molecule has 2 fully saturated rings. The number of alkyl halides is 3. The Morgan fingerprint density at radius 2 is 1.83 bits per heavy atom. The highest BCUT2D eigenvalue weighted by molar-refractivity contribution is 5.89. The highest BCUT2D eigenvalue weighted by Crippen LogP contribution is 2.41. The monoisotopic (exact) mass is 490 g/mol. The van der Waals surface area contributed by atoms with E-state index in [9.17, 15) is 22.4 Å². The molecule has 1 saturated carbocycles. The zero-order chi connectivity index (χ0) is 24.6. The van der Waals surface area contributed by atoms with Crippen LogP contribution in [0.5, 0.6) is 0 Å². The standard InChI is InChI=1S/C23H22F4N6O2/c24-17-3-1-2-4-18(17)33-10-7-19(31-33)28-11-15-5-8-22(9-6-15)14-32(21(34)35-22)16-12-29-20(30-13-16)23(25,26)27/h1-4,7,10,12-13,15H,5-6,8-9,11,14H2,(H,28,31)/t15-,22-. The lowest BCUT2D eigenvalue weighted by molar-refractivity contribution is -0.144. The lowest BCUT2D eigenvalue weighted by Crippen LogP contribution is -2.39. The van der Waals surface area contributed by atoms with Gasteiger partial charge in [0.2, 0.25) is 5.82 Å². The molecule has 5 rings (SSSR count). The van der Waals surface area contributed by atoms with Crippen LogP contribution in [0.4, 0.5) is 33.9 Å². The van der Waals surface area contributed by atoms with E-state index in [1.165, 1.54) is 15.6 Å². The summed E-state index contributed by atoms with van der Waals surface area (Å²) in [5.74, 6) is -0.659. The van der Waals surface area contributed by atoms with Crippen LogP contribution in [-0.4, -0.2) is 44.5 Å². The molecule has 1 amide bonds. The fraction of sp³-hybridized carbons (Fsp3) is 0.391. The molecule has 1 aliphatic heterocycles. The summed E-state index contributed by atoms with van der Waals surface area (Å²) >= 11 is 0. The molecule has 1 aliphatic carbocycles. The number of ether oxygens (including phenoxy) is 1. The Hall–Kier alpha value is -3.70. The largest absolute Gasteiger partial charge is 0.451 e. The Morgan fingerprint density at radius 3 is 2.51 bits per heavy atom. The number of amides is 1. The maximum atomic E-state index is 14.0. The van der Waals surface area contributed by atoms with Crippen molar-refractivity contribution in [3.63, 3.8) is 0 Å². The van der Waals surface area contributed by atoms with Crippen molar-refractivity contribution in [2.75, 3.05) is 23.3 Å². The summed E-state index contributed by atoms with van der Waals surface area (Å²) in [7, 11) is 0. The number of hydrogen-bond donors (Lipinski definition) is 1. The number of anilines is 2. The van der Waals surface area contributed by atoms with Crippen molar-refractivity contribution in [2.45, 2.75) is 37.5 Å². The molecule has 0 unspecified atom stereocenters. The molecule has 8 nitrogen and oxygen atoms in total. The smallest absolute Gasteiger partial charge is 0.441 e. The number of carbonyl (C=O) groups excluding carboxylic acids is 1. The highest BCUT2D eigenvalue weighted by Gasteiger charge is 2.48. The molecule has 35 heavy (non-hydrogen) atoms. The third-order valence-electron chi connectivity index (χ3n) is 6.45. The van der Waals surface area contributed by atoms with Crippen LogP contribution in [0.25, 0.3) is 5.69 Å². The molecular weight excluding hydrogens is 468 g/mol. The molecule has 12 heteroatoms. The highest BCUT2D eigenvalue weighted by atomic mass is 19.4. The molecular formula is C23H22F4N6O2. The van der Waals surface area contributed by atoms with Crippen LogP contribution in [-0.2, 0) is 10.9 Å². The first-order chi connectivity index (χ1) is 16.7. The zero-order valence-corrected chi connectivity index (χ0v) is 18.5. The third-order valence-corrected chi connectivity index (χ3v) is 6.45. The fourth-order valence-electron chi connectivity index (χ4n) is 4.54. The number of hydrogen-bond acceptors (Lipinski definition) is 6. The van der Waals surface area contributed by atoms with Crippen LogP contribution in [0.2, 0.25) is 0 Å². The van der Waals surface area contributed by atoms with Crippen molar-refractivity contribution >= 4 is 17.6 Å². The van der Waals surface area contributed by atoms with E-state index in [1.54, 1.807) is 30.5 Å². The molecule has 0 atom stereocenters. The Balaban J connectivity index is 1.15. The summed E-state index contributed by atoms with van der Waals surface area (Å²) in [6.07, 6.45) is 1.28. The van der Waals surface area contributed by atoms with Gasteiger partial charge in [0.15, 0.2) is 0 Å². The van der Waals surface area contributed by atoms with Crippen LogP contribution in [0.15, 0.2) is 48.9 Å². The van der Waals surface area contributed by atoms with Crippen LogP contribution >= 0.6 is 0 Å². The van der Waals surface area contributed by atoms with Crippen LogP contribution < -0.4 is 10.2 Å². The molecule has 184 valence electrons. The number of halogens is 4. The second kappa shape index (κ2) is 8.82. The third kappa shape index (κ3) is 4.77. The molecule has 0 bridgehead atoms. The van der Waals surface area contributed by atoms with Gasteiger partial charge in [0, 0.05) is 18.8 Å². The van der Waals surface area contributed by atoms with E-state index in [0.29, 0.717) is 36.8 Å². The molecule has 1 N–H and O–H groups in total. The van der Waals surface area contributed by atoms with Gasteiger partial charge in [-0.05, 0) is 43.7 Å². The topological polar surface area (TPSA) is 85.2 Å². The van der Waals surface area contributed by atoms with Gasteiger partial charge in [0.1, 0.15) is 22.9 Å². The SMILES string of the molecule is O=C1O[C@]2(CC[C@H](CNc3ccn(-c4ccccc4F)n3)CC2)CN1c1cnc(C(F)(F)F)nc1. The summed E-state index contributed by atoms with van der Waals surface area (Å²) in [4.78, 5) is 20.4. The van der Waals surface area contributed by atoms with E-state index < -0.39 is 23.7 Å². The molecule has 2 aromatic heterocycles. The average molecular weight is 490 g/mol. The van der Waals surface area contributed by atoms with Crippen molar-refractivity contribution in [1.82, 2.24) is 19.7 Å². The minimum atomic E-state index is -4.65. The fourth-order valence-corrected chi connectivity index (χ4v) is 4.54. The number of aromatic nitrogens is 4. The minimum absolute atomic E-state index is 0.175. The number of nitrogens with zero attached hydrogens (tertiary/aromatic N) is 5. The minimum Gasteiger partial charge on any atom is -0.441 e. The van der Waals surface area contributed by atoms with E-state index in [2.05, 4.69) is 20.4 Å². The second-order valence-corrected chi connectivity index (χ2v) is 8.82. The van der Waals surface area contributed by atoms with Gasteiger partial charge >= 0.3 is 12.3 Å². The zero-order valence-electron chi connectivity index (χ0n) is 18.5. The lowest BCUT2D eigenvalue weighted by atomic mass is 9.78. The van der Waals surface area contributed by atoms with Crippen LogP contribution in [0.3, 0.4) is 0 Å². The molecule has 2 aliphatic rings. The summed E-state index contributed by atoms with van der Waals surface area (Å²) in [5.41, 5.74) is -0.136. The van der Waals surface area contributed by atoms with Gasteiger partial charge in [-0.15, -0.1) is 0 Å². The maximum Gasteiger partial charge on any atom is 0.451 e.